The fourth-order valence-electron chi connectivity index (χ4n) is 1.16. The number of aromatic nitrogens is 1. The van der Waals surface area contributed by atoms with Gasteiger partial charge in [-0.15, -0.1) is 11.6 Å². The lowest BCUT2D eigenvalue weighted by Gasteiger charge is -1.98. The third-order valence-corrected chi connectivity index (χ3v) is 2.73. The van der Waals surface area contributed by atoms with Crippen LogP contribution in [0.2, 0.25) is 0 Å². The van der Waals surface area contributed by atoms with Crippen molar-refractivity contribution < 1.29 is 4.42 Å². The normalized spacial score (nSPS) is 10.4. The van der Waals surface area contributed by atoms with Crippen molar-refractivity contribution in [3.8, 4) is 11.3 Å². The Kier molecular flexibility index (Phi) is 2.89. The summed E-state index contributed by atoms with van der Waals surface area (Å²) in [5.41, 5.74) is 0.983. The molecule has 0 saturated carbocycles. The van der Waals surface area contributed by atoms with Gasteiger partial charge in [0.15, 0.2) is 5.76 Å². The number of alkyl halides is 1. The van der Waals surface area contributed by atoms with Crippen LogP contribution in [0.25, 0.3) is 11.3 Å². The van der Waals surface area contributed by atoms with E-state index in [9.17, 15) is 0 Å². The van der Waals surface area contributed by atoms with Gasteiger partial charge in [0, 0.05) is 10.0 Å². The Balaban J connectivity index is 2.44. The Morgan fingerprint density at radius 1 is 1.36 bits per heavy atom. The van der Waals surface area contributed by atoms with E-state index in [4.69, 9.17) is 16.0 Å². The molecule has 1 aromatic carbocycles. The second-order valence-corrected chi connectivity index (χ2v) is 3.85. The zero-order valence-corrected chi connectivity index (χ0v) is 9.55. The molecule has 0 unspecified atom stereocenters. The molecule has 2 nitrogen and oxygen atoms in total. The van der Waals surface area contributed by atoms with Gasteiger partial charge in [0.05, 0.1) is 12.1 Å². The summed E-state index contributed by atoms with van der Waals surface area (Å²) in [4.78, 5) is 4.03. The minimum absolute atomic E-state index is 0.296. The van der Waals surface area contributed by atoms with Crippen molar-refractivity contribution >= 4 is 27.5 Å². The van der Waals surface area contributed by atoms with Gasteiger partial charge in [-0.1, -0.05) is 34.1 Å². The highest BCUT2D eigenvalue weighted by atomic mass is 79.9. The number of hydrogen-bond donors (Lipinski definition) is 0. The molecule has 1 aromatic heterocycles. The molecule has 0 aliphatic rings. The molecule has 0 atom stereocenters. The standard InChI is InChI=1S/C10H7BrClNO/c11-8-4-2-1-3-7(8)9-6-13-10(5-12)14-9/h1-4,6H,5H2. The van der Waals surface area contributed by atoms with Gasteiger partial charge in [-0.25, -0.2) is 4.98 Å². The lowest BCUT2D eigenvalue weighted by molar-refractivity contribution is 0.528. The van der Waals surface area contributed by atoms with Crippen LogP contribution in [0, 0.1) is 0 Å². The number of benzene rings is 1. The maximum Gasteiger partial charge on any atom is 0.209 e. The molecule has 14 heavy (non-hydrogen) atoms. The third kappa shape index (κ3) is 1.83. The van der Waals surface area contributed by atoms with Crippen molar-refractivity contribution in [3.63, 3.8) is 0 Å². The molecule has 0 spiro atoms. The van der Waals surface area contributed by atoms with E-state index in [-0.39, 0.29) is 0 Å². The van der Waals surface area contributed by atoms with E-state index >= 15 is 0 Å². The smallest absolute Gasteiger partial charge is 0.209 e. The van der Waals surface area contributed by atoms with Crippen molar-refractivity contribution in [1.29, 1.82) is 0 Å². The summed E-state index contributed by atoms with van der Waals surface area (Å²) in [5, 5.41) is 0. The molecule has 2 rings (SSSR count). The second-order valence-electron chi connectivity index (χ2n) is 2.73. The van der Waals surface area contributed by atoms with Crippen LogP contribution < -0.4 is 0 Å². The lowest BCUT2D eigenvalue weighted by atomic mass is 10.2. The predicted molar refractivity (Wildman–Crippen MR) is 59.2 cm³/mol. The van der Waals surface area contributed by atoms with Gasteiger partial charge in [-0.3, -0.25) is 0 Å². The first kappa shape index (κ1) is 9.74. The first-order valence-electron chi connectivity index (χ1n) is 4.07. The topological polar surface area (TPSA) is 26.0 Å². The summed E-state index contributed by atoms with van der Waals surface area (Å²) >= 11 is 9.04. The van der Waals surface area contributed by atoms with Gasteiger partial charge in [-0.2, -0.15) is 0 Å². The molecule has 0 amide bonds. The summed E-state index contributed by atoms with van der Waals surface area (Å²) < 4.78 is 6.41. The van der Waals surface area contributed by atoms with Crippen LogP contribution >= 0.6 is 27.5 Å². The molecule has 0 aliphatic carbocycles. The van der Waals surface area contributed by atoms with E-state index in [1.54, 1.807) is 6.20 Å². The van der Waals surface area contributed by atoms with Crippen molar-refractivity contribution in [3.05, 3.63) is 40.8 Å². The number of rotatable bonds is 2. The number of nitrogens with zero attached hydrogens (tertiary/aromatic N) is 1. The fourth-order valence-corrected chi connectivity index (χ4v) is 1.76. The highest BCUT2D eigenvalue weighted by Crippen LogP contribution is 2.28. The van der Waals surface area contributed by atoms with Crippen LogP contribution in [0.4, 0.5) is 0 Å². The average Bonchev–Trinajstić information content (AvgIpc) is 2.67. The summed E-state index contributed by atoms with van der Waals surface area (Å²) in [6.45, 7) is 0. The van der Waals surface area contributed by atoms with Crippen LogP contribution in [0.1, 0.15) is 5.89 Å². The summed E-state index contributed by atoms with van der Waals surface area (Å²) in [6.07, 6.45) is 1.68. The highest BCUT2D eigenvalue weighted by Gasteiger charge is 2.07. The van der Waals surface area contributed by atoms with Gasteiger partial charge in [0.1, 0.15) is 0 Å². The second kappa shape index (κ2) is 4.15. The summed E-state index contributed by atoms with van der Waals surface area (Å²) in [5.74, 6) is 1.57. The van der Waals surface area contributed by atoms with Gasteiger partial charge in [0.25, 0.3) is 0 Å². The zero-order valence-electron chi connectivity index (χ0n) is 7.21. The van der Waals surface area contributed by atoms with Gasteiger partial charge >= 0.3 is 0 Å². The molecule has 0 radical (unpaired) electrons. The first-order chi connectivity index (χ1) is 6.81. The van der Waals surface area contributed by atoms with E-state index in [1.165, 1.54) is 0 Å². The summed E-state index contributed by atoms with van der Waals surface area (Å²) in [7, 11) is 0. The molecule has 72 valence electrons. The Morgan fingerprint density at radius 2 is 2.14 bits per heavy atom. The van der Waals surface area contributed by atoms with E-state index in [0.717, 1.165) is 15.8 Å². The molecule has 1 heterocycles. The molecule has 4 heteroatoms. The molecule has 0 aliphatic heterocycles. The molecule has 0 saturated heterocycles. The van der Waals surface area contributed by atoms with Gasteiger partial charge in [-0.05, 0) is 6.07 Å². The Bertz CT molecular complexity index is 441. The Morgan fingerprint density at radius 3 is 2.79 bits per heavy atom. The Labute approximate surface area is 95.0 Å². The minimum atomic E-state index is 0.296. The number of oxazole rings is 1. The highest BCUT2D eigenvalue weighted by molar-refractivity contribution is 9.10. The van der Waals surface area contributed by atoms with Crippen molar-refractivity contribution in [2.75, 3.05) is 0 Å². The van der Waals surface area contributed by atoms with Gasteiger partial charge in [0.2, 0.25) is 5.89 Å². The molecular formula is C10H7BrClNO. The quantitative estimate of drug-likeness (QED) is 0.776. The fraction of sp³-hybridized carbons (Fsp3) is 0.100. The molecule has 0 bridgehead atoms. The monoisotopic (exact) mass is 271 g/mol. The third-order valence-electron chi connectivity index (χ3n) is 1.81. The maximum absolute atomic E-state index is 5.60. The van der Waals surface area contributed by atoms with Crippen LogP contribution in [0.15, 0.2) is 39.4 Å². The first-order valence-corrected chi connectivity index (χ1v) is 5.39. The van der Waals surface area contributed by atoms with Crippen LogP contribution in [-0.4, -0.2) is 4.98 Å². The van der Waals surface area contributed by atoms with Crippen molar-refractivity contribution in [2.24, 2.45) is 0 Å². The SMILES string of the molecule is ClCc1ncc(-c2ccccc2Br)o1. The van der Waals surface area contributed by atoms with Crippen molar-refractivity contribution in [2.45, 2.75) is 5.88 Å². The maximum atomic E-state index is 5.60. The molecule has 2 aromatic rings. The van der Waals surface area contributed by atoms with E-state index in [2.05, 4.69) is 20.9 Å². The van der Waals surface area contributed by atoms with Crippen LogP contribution in [-0.2, 0) is 5.88 Å². The largest absolute Gasteiger partial charge is 0.439 e. The summed E-state index contributed by atoms with van der Waals surface area (Å²) in [6, 6.07) is 7.82. The number of hydrogen-bond acceptors (Lipinski definition) is 2. The number of halogens is 2. The van der Waals surface area contributed by atoms with E-state index in [1.807, 2.05) is 24.3 Å². The van der Waals surface area contributed by atoms with Crippen molar-refractivity contribution in [1.82, 2.24) is 4.98 Å². The molecule has 0 fully saturated rings. The zero-order chi connectivity index (χ0) is 9.97. The minimum Gasteiger partial charge on any atom is -0.439 e. The van der Waals surface area contributed by atoms with E-state index in [0.29, 0.717) is 11.8 Å². The average molecular weight is 273 g/mol. The lowest BCUT2D eigenvalue weighted by Crippen LogP contribution is -1.75. The van der Waals surface area contributed by atoms with Gasteiger partial charge < -0.3 is 4.42 Å². The predicted octanol–water partition coefficient (Wildman–Crippen LogP) is 3.84. The van der Waals surface area contributed by atoms with Crippen LogP contribution in [0.3, 0.4) is 0 Å². The van der Waals surface area contributed by atoms with Crippen LogP contribution in [0.5, 0.6) is 0 Å². The Hall–Kier alpha value is -0.800. The molecule has 0 N–H and O–H groups in total. The molecular weight excluding hydrogens is 265 g/mol. The van der Waals surface area contributed by atoms with E-state index < -0.39 is 0 Å².